The second-order valence-corrected chi connectivity index (χ2v) is 8.31. The van der Waals surface area contributed by atoms with E-state index in [1.54, 1.807) is 0 Å². The van der Waals surface area contributed by atoms with Crippen LogP contribution in [0.5, 0.6) is 0 Å². The highest BCUT2D eigenvalue weighted by Gasteiger charge is 2.22. The van der Waals surface area contributed by atoms with Gasteiger partial charge in [-0.15, -0.1) is 0 Å². The van der Waals surface area contributed by atoms with Gasteiger partial charge in [-0.3, -0.25) is 4.79 Å². The van der Waals surface area contributed by atoms with Gasteiger partial charge in [0.1, 0.15) is 0 Å². The van der Waals surface area contributed by atoms with E-state index < -0.39 is 0 Å². The van der Waals surface area contributed by atoms with Crippen molar-refractivity contribution >= 4 is 5.91 Å². The zero-order chi connectivity index (χ0) is 20.0. The number of benzene rings is 1. The molecular formula is C22H34N4O. The summed E-state index contributed by atoms with van der Waals surface area (Å²) in [6.45, 7) is 11.0. The van der Waals surface area contributed by atoms with E-state index >= 15 is 0 Å². The molecule has 0 atom stereocenters. The first-order valence-electron chi connectivity index (χ1n) is 9.86. The number of nitrogens with zero attached hydrogens (tertiary/aromatic N) is 4. The summed E-state index contributed by atoms with van der Waals surface area (Å²) in [4.78, 5) is 17.2. The van der Waals surface area contributed by atoms with Crippen molar-refractivity contribution in [3.8, 4) is 5.69 Å². The minimum atomic E-state index is 0.0187. The number of amides is 1. The molecule has 1 aromatic heterocycles. The summed E-state index contributed by atoms with van der Waals surface area (Å²) >= 11 is 0. The van der Waals surface area contributed by atoms with Gasteiger partial charge in [0.25, 0.3) is 5.91 Å². The molecule has 1 heterocycles. The Balaban J connectivity index is 2.34. The van der Waals surface area contributed by atoms with Crippen LogP contribution >= 0.6 is 0 Å². The van der Waals surface area contributed by atoms with Crippen LogP contribution < -0.4 is 0 Å². The molecule has 0 bridgehead atoms. The number of carbonyl (C=O) groups excluding carboxylic acids is 1. The fraction of sp³-hybridized carbons (Fsp3) is 0.545. The van der Waals surface area contributed by atoms with Gasteiger partial charge in [-0.05, 0) is 50.6 Å². The van der Waals surface area contributed by atoms with Crippen molar-refractivity contribution in [1.29, 1.82) is 0 Å². The molecule has 0 fully saturated rings. The number of aromatic nitrogens is 2. The van der Waals surface area contributed by atoms with E-state index in [1.165, 1.54) is 0 Å². The zero-order valence-electron chi connectivity index (χ0n) is 17.6. The largest absolute Gasteiger partial charge is 0.336 e. The molecule has 0 unspecified atom stereocenters. The van der Waals surface area contributed by atoms with Gasteiger partial charge in [0.15, 0.2) is 5.69 Å². The molecule has 2 rings (SSSR count). The maximum Gasteiger partial charge on any atom is 0.274 e. The lowest BCUT2D eigenvalue weighted by atomic mass is 10.1. The van der Waals surface area contributed by atoms with Gasteiger partial charge in [-0.25, -0.2) is 4.68 Å². The lowest BCUT2D eigenvalue weighted by Crippen LogP contribution is -2.39. The summed E-state index contributed by atoms with van der Waals surface area (Å²) in [6.07, 6.45) is 0.886. The first-order chi connectivity index (χ1) is 12.8. The average molecular weight is 371 g/mol. The fourth-order valence-corrected chi connectivity index (χ4v) is 3.08. The van der Waals surface area contributed by atoms with Gasteiger partial charge in [-0.1, -0.05) is 45.9 Å². The van der Waals surface area contributed by atoms with Crippen LogP contribution in [0, 0.1) is 11.8 Å². The van der Waals surface area contributed by atoms with Crippen LogP contribution in [0.1, 0.15) is 43.9 Å². The predicted octanol–water partition coefficient (Wildman–Crippen LogP) is 3.73. The summed E-state index contributed by atoms with van der Waals surface area (Å²) in [5, 5.41) is 4.70. The van der Waals surface area contributed by atoms with E-state index in [4.69, 9.17) is 5.10 Å². The van der Waals surface area contributed by atoms with Gasteiger partial charge in [0, 0.05) is 25.3 Å². The van der Waals surface area contributed by atoms with Gasteiger partial charge < -0.3 is 9.80 Å². The SMILES string of the molecule is CC(C)Cc1cc(C(=O)N(CCN(C)C)CC(C)C)nn1-c1ccccc1. The molecule has 0 saturated carbocycles. The van der Waals surface area contributed by atoms with Crippen molar-refractivity contribution in [2.45, 2.75) is 34.1 Å². The molecule has 0 aliphatic carbocycles. The van der Waals surface area contributed by atoms with Gasteiger partial charge in [-0.2, -0.15) is 5.10 Å². The Labute approximate surface area is 164 Å². The number of rotatable bonds is 9. The van der Waals surface area contributed by atoms with Crippen LogP contribution in [0.3, 0.4) is 0 Å². The maximum atomic E-state index is 13.2. The highest BCUT2D eigenvalue weighted by molar-refractivity contribution is 5.92. The summed E-state index contributed by atoms with van der Waals surface area (Å²) in [6, 6.07) is 12.0. The number of para-hydroxylation sites is 1. The monoisotopic (exact) mass is 370 g/mol. The van der Waals surface area contributed by atoms with Crippen LogP contribution in [0.2, 0.25) is 0 Å². The third kappa shape index (κ3) is 6.21. The Morgan fingerprint density at radius 3 is 2.26 bits per heavy atom. The fourth-order valence-electron chi connectivity index (χ4n) is 3.08. The van der Waals surface area contributed by atoms with Crippen molar-refractivity contribution in [2.24, 2.45) is 11.8 Å². The number of carbonyl (C=O) groups is 1. The highest BCUT2D eigenvalue weighted by Crippen LogP contribution is 2.18. The number of hydrogen-bond acceptors (Lipinski definition) is 3. The van der Waals surface area contributed by atoms with Crippen molar-refractivity contribution in [1.82, 2.24) is 19.6 Å². The molecule has 0 spiro atoms. The molecule has 0 radical (unpaired) electrons. The predicted molar refractivity (Wildman–Crippen MR) is 111 cm³/mol. The molecule has 1 aromatic carbocycles. The zero-order valence-corrected chi connectivity index (χ0v) is 17.6. The molecule has 148 valence electrons. The first kappa shape index (κ1) is 21.2. The summed E-state index contributed by atoms with van der Waals surface area (Å²) in [7, 11) is 4.06. The average Bonchev–Trinajstić information content (AvgIpc) is 3.01. The quantitative estimate of drug-likeness (QED) is 0.675. The van der Waals surface area contributed by atoms with E-state index in [2.05, 4.69) is 32.6 Å². The van der Waals surface area contributed by atoms with E-state index in [1.807, 2.05) is 60.1 Å². The Morgan fingerprint density at radius 2 is 1.70 bits per heavy atom. The van der Waals surface area contributed by atoms with Crippen molar-refractivity contribution in [2.75, 3.05) is 33.7 Å². The molecule has 0 N–H and O–H groups in total. The van der Waals surface area contributed by atoms with Crippen LogP contribution in [-0.4, -0.2) is 59.2 Å². The minimum absolute atomic E-state index is 0.0187. The molecule has 1 amide bonds. The molecule has 2 aromatic rings. The molecule has 5 heteroatoms. The van der Waals surface area contributed by atoms with E-state index in [9.17, 15) is 4.79 Å². The van der Waals surface area contributed by atoms with Crippen LogP contribution in [0.4, 0.5) is 0 Å². The molecule has 0 aliphatic rings. The minimum Gasteiger partial charge on any atom is -0.336 e. The Hall–Kier alpha value is -2.14. The maximum absolute atomic E-state index is 13.2. The summed E-state index contributed by atoms with van der Waals surface area (Å²) in [5.74, 6) is 0.931. The van der Waals surface area contributed by atoms with Crippen molar-refractivity contribution in [3.05, 3.63) is 47.8 Å². The topological polar surface area (TPSA) is 41.4 Å². The van der Waals surface area contributed by atoms with E-state index in [0.29, 0.717) is 24.1 Å². The van der Waals surface area contributed by atoms with Crippen molar-refractivity contribution < 1.29 is 4.79 Å². The third-order valence-corrected chi connectivity index (χ3v) is 4.31. The number of likely N-dealkylation sites (N-methyl/N-ethyl adjacent to an activating group) is 1. The molecule has 0 aliphatic heterocycles. The Morgan fingerprint density at radius 1 is 1.04 bits per heavy atom. The smallest absolute Gasteiger partial charge is 0.274 e. The lowest BCUT2D eigenvalue weighted by Gasteiger charge is -2.25. The number of hydrogen-bond donors (Lipinski definition) is 0. The standard InChI is InChI=1S/C22H34N4O/c1-17(2)14-20-15-21(23-26(20)19-10-8-7-9-11-19)22(27)25(16-18(3)4)13-12-24(5)6/h7-11,15,17-18H,12-14,16H2,1-6H3. The van der Waals surface area contributed by atoms with Gasteiger partial charge >= 0.3 is 0 Å². The van der Waals surface area contributed by atoms with Crippen LogP contribution in [0.25, 0.3) is 5.69 Å². The summed E-state index contributed by atoms with van der Waals surface area (Å²) < 4.78 is 1.92. The molecule has 27 heavy (non-hydrogen) atoms. The van der Waals surface area contributed by atoms with Crippen LogP contribution in [0.15, 0.2) is 36.4 Å². The van der Waals surface area contributed by atoms with E-state index in [0.717, 1.165) is 30.9 Å². The Bertz CT molecular complexity index is 719. The molecular weight excluding hydrogens is 336 g/mol. The first-order valence-corrected chi connectivity index (χ1v) is 9.86. The van der Waals surface area contributed by atoms with Crippen LogP contribution in [-0.2, 0) is 6.42 Å². The molecule has 5 nitrogen and oxygen atoms in total. The second kappa shape index (κ2) is 9.70. The van der Waals surface area contributed by atoms with Gasteiger partial charge in [0.05, 0.1) is 5.69 Å². The Kier molecular flexibility index (Phi) is 7.60. The third-order valence-electron chi connectivity index (χ3n) is 4.31. The van der Waals surface area contributed by atoms with E-state index in [-0.39, 0.29) is 5.91 Å². The summed E-state index contributed by atoms with van der Waals surface area (Å²) in [5.41, 5.74) is 2.61. The molecule has 0 saturated heterocycles. The van der Waals surface area contributed by atoms with Gasteiger partial charge in [0.2, 0.25) is 0 Å². The van der Waals surface area contributed by atoms with Crippen molar-refractivity contribution in [3.63, 3.8) is 0 Å². The normalized spacial score (nSPS) is 11.6. The lowest BCUT2D eigenvalue weighted by molar-refractivity contribution is 0.0718. The highest BCUT2D eigenvalue weighted by atomic mass is 16.2. The second-order valence-electron chi connectivity index (χ2n) is 8.31.